The van der Waals surface area contributed by atoms with Crippen LogP contribution in [0.3, 0.4) is 0 Å². The lowest BCUT2D eigenvalue weighted by atomic mass is 9.86. The van der Waals surface area contributed by atoms with Gasteiger partial charge in [-0.05, 0) is 82.7 Å². The zero-order chi connectivity index (χ0) is 26.7. The Balaban J connectivity index is 1.24. The molecule has 0 bridgehead atoms. The predicted molar refractivity (Wildman–Crippen MR) is 149 cm³/mol. The number of likely N-dealkylation sites (tertiary alicyclic amines) is 2. The monoisotopic (exact) mass is 516 g/mol. The first-order chi connectivity index (χ1) is 18.3. The number of fused-ring (bicyclic) bond motifs is 1. The number of carbonyl (C=O) groups is 3. The van der Waals surface area contributed by atoms with Crippen LogP contribution in [-0.4, -0.2) is 72.3 Å². The minimum atomic E-state index is -0.546. The number of piperidine rings is 1. The smallest absolute Gasteiger partial charge is 0.245 e. The number of para-hydroxylation sites is 1. The summed E-state index contributed by atoms with van der Waals surface area (Å²) in [6.45, 7) is 7.39. The second kappa shape index (κ2) is 11.3. The van der Waals surface area contributed by atoms with Crippen molar-refractivity contribution < 1.29 is 14.4 Å². The van der Waals surface area contributed by atoms with Crippen molar-refractivity contribution in [2.24, 2.45) is 0 Å². The molecule has 3 aliphatic rings. The van der Waals surface area contributed by atoms with Gasteiger partial charge in [-0.3, -0.25) is 19.3 Å². The molecule has 2 fully saturated rings. The number of hydrogen-bond donors (Lipinski definition) is 1. The lowest BCUT2D eigenvalue weighted by Gasteiger charge is -2.38. The van der Waals surface area contributed by atoms with E-state index in [9.17, 15) is 14.4 Å². The van der Waals surface area contributed by atoms with Crippen LogP contribution in [0.2, 0.25) is 0 Å². The molecule has 3 amide bonds. The van der Waals surface area contributed by atoms with E-state index in [0.29, 0.717) is 26.1 Å². The summed E-state index contributed by atoms with van der Waals surface area (Å²) in [6.07, 6.45) is 5.01. The number of nitrogens with zero attached hydrogens (tertiary/aromatic N) is 3. The molecule has 0 spiro atoms. The molecule has 38 heavy (non-hydrogen) atoms. The van der Waals surface area contributed by atoms with E-state index in [1.54, 1.807) is 0 Å². The predicted octanol–water partition coefficient (Wildman–Crippen LogP) is 3.52. The Morgan fingerprint density at radius 3 is 2.32 bits per heavy atom. The van der Waals surface area contributed by atoms with Gasteiger partial charge in [-0.2, -0.15) is 0 Å². The van der Waals surface area contributed by atoms with Gasteiger partial charge in [0.05, 0.1) is 12.0 Å². The summed E-state index contributed by atoms with van der Waals surface area (Å²) in [5.74, 6) is 0.0516. The molecule has 3 aliphatic heterocycles. The summed E-state index contributed by atoms with van der Waals surface area (Å²) in [7, 11) is 0. The molecule has 2 saturated heterocycles. The molecule has 0 saturated carbocycles. The molecule has 7 heteroatoms. The molecule has 1 atom stereocenters. The molecule has 1 N–H and O–H groups in total. The SMILES string of the molecule is CC1(C)C(=O)N(C2CCN(C(=O)[C@H](CCc3ccccc3)NC(=O)CN3CCCC3)CC2)c2ccccc21. The van der Waals surface area contributed by atoms with Crippen molar-refractivity contribution >= 4 is 23.4 Å². The maximum atomic E-state index is 13.7. The Morgan fingerprint density at radius 1 is 0.947 bits per heavy atom. The molecule has 2 aromatic carbocycles. The highest BCUT2D eigenvalue weighted by molar-refractivity contribution is 6.08. The van der Waals surface area contributed by atoms with Crippen LogP contribution in [0.15, 0.2) is 54.6 Å². The van der Waals surface area contributed by atoms with Crippen LogP contribution in [-0.2, 0) is 26.2 Å². The fraction of sp³-hybridized carbons (Fsp3) is 0.516. The molecule has 0 unspecified atom stereocenters. The van der Waals surface area contributed by atoms with Gasteiger partial charge in [-0.1, -0.05) is 48.5 Å². The molecule has 0 aromatic heterocycles. The standard InChI is InChI=1S/C31H40N4O3/c1-31(2)25-12-6-7-13-27(25)35(30(31)38)24-16-20-34(21-17-24)29(37)26(15-14-23-10-4-3-5-11-23)32-28(36)22-33-18-8-9-19-33/h3-7,10-13,24,26H,8-9,14-22H2,1-2H3,(H,32,36)/t26-/m0/s1. The summed E-state index contributed by atoms with van der Waals surface area (Å²) in [6, 6.07) is 17.7. The Labute approximate surface area is 226 Å². The minimum absolute atomic E-state index is 0.0115. The van der Waals surface area contributed by atoms with Crippen LogP contribution < -0.4 is 10.2 Å². The normalized spacial score (nSPS) is 20.4. The lowest BCUT2D eigenvalue weighted by molar-refractivity contribution is -0.137. The fourth-order valence-corrected chi connectivity index (χ4v) is 6.26. The number of hydrogen-bond acceptors (Lipinski definition) is 4. The summed E-state index contributed by atoms with van der Waals surface area (Å²) < 4.78 is 0. The summed E-state index contributed by atoms with van der Waals surface area (Å²) in [5, 5.41) is 3.07. The quantitative estimate of drug-likeness (QED) is 0.583. The van der Waals surface area contributed by atoms with E-state index in [1.807, 2.05) is 66.1 Å². The van der Waals surface area contributed by atoms with E-state index in [2.05, 4.69) is 22.3 Å². The largest absolute Gasteiger partial charge is 0.343 e. The van der Waals surface area contributed by atoms with E-state index in [0.717, 1.165) is 62.0 Å². The minimum Gasteiger partial charge on any atom is -0.343 e. The average molecular weight is 517 g/mol. The maximum Gasteiger partial charge on any atom is 0.245 e. The Kier molecular flexibility index (Phi) is 7.84. The van der Waals surface area contributed by atoms with Crippen molar-refractivity contribution in [2.45, 2.75) is 69.9 Å². The molecule has 5 rings (SSSR count). The first-order valence-electron chi connectivity index (χ1n) is 14.1. The van der Waals surface area contributed by atoms with Gasteiger partial charge in [0.1, 0.15) is 6.04 Å². The third-order valence-corrected chi connectivity index (χ3v) is 8.50. The summed E-state index contributed by atoms with van der Waals surface area (Å²) >= 11 is 0. The Bertz CT molecular complexity index is 1150. The molecule has 2 aromatic rings. The van der Waals surface area contributed by atoms with Crippen LogP contribution in [0.5, 0.6) is 0 Å². The number of amides is 3. The fourth-order valence-electron chi connectivity index (χ4n) is 6.26. The summed E-state index contributed by atoms with van der Waals surface area (Å²) in [4.78, 5) is 46.0. The van der Waals surface area contributed by atoms with Crippen LogP contribution in [0, 0.1) is 0 Å². The van der Waals surface area contributed by atoms with Crippen molar-refractivity contribution in [3.63, 3.8) is 0 Å². The van der Waals surface area contributed by atoms with Gasteiger partial charge in [0.2, 0.25) is 17.7 Å². The molecule has 3 heterocycles. The van der Waals surface area contributed by atoms with Gasteiger partial charge in [0.15, 0.2) is 0 Å². The number of carbonyl (C=O) groups excluding carboxylic acids is 3. The molecule has 202 valence electrons. The van der Waals surface area contributed by atoms with E-state index in [1.165, 1.54) is 0 Å². The zero-order valence-corrected chi connectivity index (χ0v) is 22.7. The first-order valence-corrected chi connectivity index (χ1v) is 14.1. The van der Waals surface area contributed by atoms with Gasteiger partial charge in [0.25, 0.3) is 0 Å². The maximum absolute atomic E-state index is 13.7. The van der Waals surface area contributed by atoms with Gasteiger partial charge < -0.3 is 15.1 Å². The number of rotatable bonds is 8. The van der Waals surface area contributed by atoms with Crippen molar-refractivity contribution in [2.75, 3.05) is 37.6 Å². The molecule has 7 nitrogen and oxygen atoms in total. The van der Waals surface area contributed by atoms with Crippen molar-refractivity contribution in [1.29, 1.82) is 0 Å². The summed E-state index contributed by atoms with van der Waals surface area (Å²) in [5.41, 5.74) is 2.70. The van der Waals surface area contributed by atoms with E-state index in [-0.39, 0.29) is 23.8 Å². The Morgan fingerprint density at radius 2 is 1.61 bits per heavy atom. The van der Waals surface area contributed by atoms with Crippen LogP contribution in [0.4, 0.5) is 5.69 Å². The number of aryl methyl sites for hydroxylation is 1. The van der Waals surface area contributed by atoms with E-state index in [4.69, 9.17) is 0 Å². The molecule has 0 aliphatic carbocycles. The Hall–Kier alpha value is -3.19. The molecular formula is C31H40N4O3. The van der Waals surface area contributed by atoms with Gasteiger partial charge in [-0.25, -0.2) is 0 Å². The first kappa shape index (κ1) is 26.4. The third kappa shape index (κ3) is 5.48. The molecular weight excluding hydrogens is 476 g/mol. The van der Waals surface area contributed by atoms with Crippen molar-refractivity contribution in [1.82, 2.24) is 15.1 Å². The molecule has 0 radical (unpaired) electrons. The van der Waals surface area contributed by atoms with Crippen molar-refractivity contribution in [3.8, 4) is 0 Å². The zero-order valence-electron chi connectivity index (χ0n) is 22.7. The second-order valence-corrected chi connectivity index (χ2v) is 11.5. The van der Waals surface area contributed by atoms with E-state index < -0.39 is 11.5 Å². The number of nitrogens with one attached hydrogen (secondary N) is 1. The van der Waals surface area contributed by atoms with Gasteiger partial charge in [-0.15, -0.1) is 0 Å². The average Bonchev–Trinajstić information content (AvgIpc) is 3.51. The second-order valence-electron chi connectivity index (χ2n) is 11.5. The highest BCUT2D eigenvalue weighted by Gasteiger charge is 2.46. The third-order valence-electron chi connectivity index (χ3n) is 8.50. The topological polar surface area (TPSA) is 73.0 Å². The van der Waals surface area contributed by atoms with Gasteiger partial charge in [0, 0.05) is 24.8 Å². The van der Waals surface area contributed by atoms with Crippen LogP contribution in [0.1, 0.15) is 57.1 Å². The van der Waals surface area contributed by atoms with Crippen LogP contribution in [0.25, 0.3) is 0 Å². The highest BCUT2D eigenvalue weighted by Crippen LogP contribution is 2.43. The highest BCUT2D eigenvalue weighted by atomic mass is 16.2. The number of anilines is 1. The number of benzene rings is 2. The van der Waals surface area contributed by atoms with Crippen molar-refractivity contribution in [3.05, 3.63) is 65.7 Å². The van der Waals surface area contributed by atoms with Crippen LogP contribution >= 0.6 is 0 Å². The van der Waals surface area contributed by atoms with Gasteiger partial charge >= 0.3 is 0 Å². The van der Waals surface area contributed by atoms with E-state index >= 15 is 0 Å². The lowest BCUT2D eigenvalue weighted by Crippen LogP contribution is -2.55.